The first-order chi connectivity index (χ1) is 12.8. The highest BCUT2D eigenvalue weighted by Gasteiger charge is 2.30. The topological polar surface area (TPSA) is 106 Å². The maximum Gasteiger partial charge on any atom is 0.346 e. The minimum absolute atomic E-state index is 0.105. The van der Waals surface area contributed by atoms with Crippen LogP contribution in [0.25, 0.3) is 0 Å². The van der Waals surface area contributed by atoms with E-state index < -0.39 is 10.0 Å². The summed E-state index contributed by atoms with van der Waals surface area (Å²) in [5.41, 5.74) is -0.347. The number of hydrogen-bond acceptors (Lipinski definition) is 5. The van der Waals surface area contributed by atoms with Crippen LogP contribution in [0.2, 0.25) is 0 Å². The zero-order valence-electron chi connectivity index (χ0n) is 16.1. The number of nitrogens with zero attached hydrogens (tertiary/aromatic N) is 4. The number of aromatic nitrogens is 3. The molecule has 1 saturated carbocycles. The highest BCUT2D eigenvalue weighted by molar-refractivity contribution is 7.88. The Morgan fingerprint density at radius 2 is 1.89 bits per heavy atom. The molecule has 1 saturated heterocycles. The Kier molecular flexibility index (Phi) is 6.05. The second kappa shape index (κ2) is 8.14. The molecule has 0 spiro atoms. The lowest BCUT2D eigenvalue weighted by atomic mass is 9.95. The van der Waals surface area contributed by atoms with Gasteiger partial charge in [-0.2, -0.15) is 5.10 Å². The first-order valence-electron chi connectivity index (χ1n) is 9.64. The van der Waals surface area contributed by atoms with E-state index in [9.17, 15) is 18.0 Å². The first kappa shape index (κ1) is 20.1. The third kappa shape index (κ3) is 4.78. The van der Waals surface area contributed by atoms with Gasteiger partial charge in [0.25, 0.3) is 0 Å². The molecule has 9 nitrogen and oxygen atoms in total. The highest BCUT2D eigenvalue weighted by Crippen LogP contribution is 2.26. The van der Waals surface area contributed by atoms with E-state index in [2.05, 4.69) is 10.4 Å². The summed E-state index contributed by atoms with van der Waals surface area (Å²) in [4.78, 5) is 24.8. The smallest absolute Gasteiger partial charge is 0.346 e. The molecule has 1 N–H and O–H groups in total. The number of hydrogen-bond donors (Lipinski definition) is 1. The molecule has 1 aliphatic carbocycles. The first-order valence-corrected chi connectivity index (χ1v) is 11.5. The fourth-order valence-corrected chi connectivity index (χ4v) is 4.99. The number of nitrogens with one attached hydrogen (secondary N) is 1. The van der Waals surface area contributed by atoms with E-state index in [0.29, 0.717) is 18.9 Å². The zero-order valence-corrected chi connectivity index (χ0v) is 16.9. The summed E-state index contributed by atoms with van der Waals surface area (Å²) < 4.78 is 27.7. The van der Waals surface area contributed by atoms with Gasteiger partial charge in [-0.25, -0.2) is 22.2 Å². The van der Waals surface area contributed by atoms with Crippen LogP contribution in [0.15, 0.2) is 4.79 Å². The van der Waals surface area contributed by atoms with E-state index in [4.69, 9.17) is 0 Å². The van der Waals surface area contributed by atoms with Gasteiger partial charge in [-0.1, -0.05) is 19.3 Å². The zero-order chi connectivity index (χ0) is 19.6. The van der Waals surface area contributed by atoms with Gasteiger partial charge in [0.05, 0.1) is 6.26 Å². The molecule has 27 heavy (non-hydrogen) atoms. The molecule has 2 heterocycles. The summed E-state index contributed by atoms with van der Waals surface area (Å²) in [5, 5.41) is 7.36. The SMILES string of the molecule is Cn1c(C2CCCN(S(C)(=O)=O)C2)nn(CC(=O)NC2CCCCC2)c1=O. The monoisotopic (exact) mass is 399 g/mol. The minimum atomic E-state index is -3.27. The van der Waals surface area contributed by atoms with Gasteiger partial charge in [-0.05, 0) is 25.7 Å². The summed E-state index contributed by atoms with van der Waals surface area (Å²) in [5.74, 6) is 0.197. The van der Waals surface area contributed by atoms with Crippen LogP contribution in [-0.2, 0) is 28.4 Å². The minimum Gasteiger partial charge on any atom is -0.352 e. The predicted molar refractivity (Wildman–Crippen MR) is 101 cm³/mol. The van der Waals surface area contributed by atoms with Gasteiger partial charge in [0.2, 0.25) is 15.9 Å². The molecule has 1 unspecified atom stereocenters. The van der Waals surface area contributed by atoms with Gasteiger partial charge < -0.3 is 5.32 Å². The van der Waals surface area contributed by atoms with Crippen LogP contribution in [-0.4, -0.2) is 58.4 Å². The van der Waals surface area contributed by atoms with E-state index >= 15 is 0 Å². The number of piperidine rings is 1. The Hall–Kier alpha value is -1.68. The molecule has 2 fully saturated rings. The number of amides is 1. The Morgan fingerprint density at radius 1 is 1.19 bits per heavy atom. The molecule has 10 heteroatoms. The van der Waals surface area contributed by atoms with E-state index in [1.54, 1.807) is 7.05 Å². The fourth-order valence-electron chi connectivity index (χ4n) is 4.07. The molecule has 1 amide bonds. The Bertz CT molecular complexity index is 838. The van der Waals surface area contributed by atoms with Crippen LogP contribution in [0, 0.1) is 0 Å². The number of carbonyl (C=O) groups is 1. The van der Waals surface area contributed by atoms with Crippen LogP contribution in [0.3, 0.4) is 0 Å². The van der Waals surface area contributed by atoms with Crippen molar-refractivity contribution in [2.45, 2.75) is 63.5 Å². The second-order valence-electron chi connectivity index (χ2n) is 7.72. The predicted octanol–water partition coefficient (Wildman–Crippen LogP) is 0.170. The number of carbonyl (C=O) groups excluding carboxylic acids is 1. The van der Waals surface area contributed by atoms with Crippen LogP contribution >= 0.6 is 0 Å². The van der Waals surface area contributed by atoms with Crippen molar-refractivity contribution in [1.29, 1.82) is 0 Å². The van der Waals surface area contributed by atoms with Crippen molar-refractivity contribution in [3.05, 3.63) is 16.3 Å². The van der Waals surface area contributed by atoms with Crippen LogP contribution < -0.4 is 11.0 Å². The van der Waals surface area contributed by atoms with Gasteiger partial charge in [-0.3, -0.25) is 9.36 Å². The lowest BCUT2D eigenvalue weighted by Gasteiger charge is -2.30. The summed E-state index contributed by atoms with van der Waals surface area (Å²) in [7, 11) is -1.65. The van der Waals surface area contributed by atoms with Crippen molar-refractivity contribution < 1.29 is 13.2 Å². The van der Waals surface area contributed by atoms with Gasteiger partial charge in [-0.15, -0.1) is 0 Å². The average molecular weight is 400 g/mol. The van der Waals surface area contributed by atoms with Crippen molar-refractivity contribution in [2.75, 3.05) is 19.3 Å². The summed E-state index contributed by atoms with van der Waals surface area (Å²) >= 11 is 0. The molecule has 1 aromatic heterocycles. The van der Waals surface area contributed by atoms with E-state index in [-0.39, 0.29) is 30.1 Å². The quantitative estimate of drug-likeness (QED) is 0.760. The Balaban J connectivity index is 1.70. The van der Waals surface area contributed by atoms with Crippen LogP contribution in [0.1, 0.15) is 56.7 Å². The van der Waals surface area contributed by atoms with Crippen molar-refractivity contribution in [3.63, 3.8) is 0 Å². The molecule has 1 atom stereocenters. The second-order valence-corrected chi connectivity index (χ2v) is 9.70. The average Bonchev–Trinajstić information content (AvgIpc) is 2.90. The molecule has 3 rings (SSSR count). The molecule has 2 aliphatic rings. The molecule has 1 aliphatic heterocycles. The summed E-state index contributed by atoms with van der Waals surface area (Å²) in [6.45, 7) is 0.705. The maximum absolute atomic E-state index is 12.5. The molecular formula is C17H29N5O4S. The van der Waals surface area contributed by atoms with Gasteiger partial charge in [0.15, 0.2) is 0 Å². The van der Waals surface area contributed by atoms with Crippen molar-refractivity contribution in [2.24, 2.45) is 7.05 Å². The van der Waals surface area contributed by atoms with E-state index in [1.807, 2.05) is 0 Å². The summed E-state index contributed by atoms with van der Waals surface area (Å²) in [6, 6.07) is 0.187. The number of sulfonamides is 1. The lowest BCUT2D eigenvalue weighted by Crippen LogP contribution is -2.40. The van der Waals surface area contributed by atoms with E-state index in [1.165, 1.54) is 26.2 Å². The van der Waals surface area contributed by atoms with Gasteiger partial charge in [0, 0.05) is 32.1 Å². The van der Waals surface area contributed by atoms with Crippen molar-refractivity contribution >= 4 is 15.9 Å². The lowest BCUT2D eigenvalue weighted by molar-refractivity contribution is -0.122. The molecular weight excluding hydrogens is 370 g/mol. The van der Waals surface area contributed by atoms with Crippen LogP contribution in [0.5, 0.6) is 0 Å². The third-order valence-electron chi connectivity index (χ3n) is 5.56. The highest BCUT2D eigenvalue weighted by atomic mass is 32.2. The fraction of sp³-hybridized carbons (Fsp3) is 0.824. The Labute approximate surface area is 159 Å². The van der Waals surface area contributed by atoms with Gasteiger partial charge in [0.1, 0.15) is 12.4 Å². The largest absolute Gasteiger partial charge is 0.352 e. The third-order valence-corrected chi connectivity index (χ3v) is 6.83. The van der Waals surface area contributed by atoms with E-state index in [0.717, 1.165) is 38.5 Å². The van der Waals surface area contributed by atoms with Crippen molar-refractivity contribution in [1.82, 2.24) is 24.0 Å². The standard InChI is InChI=1S/C17H29N5O4S/c1-20-16(13-7-6-10-21(11-13)27(2,25)26)19-22(17(20)24)12-15(23)18-14-8-4-3-5-9-14/h13-14H,3-12H2,1-2H3,(H,18,23). The molecule has 152 valence electrons. The summed E-state index contributed by atoms with van der Waals surface area (Å²) in [6.07, 6.45) is 8.11. The molecule has 1 aromatic rings. The van der Waals surface area contributed by atoms with Crippen LogP contribution in [0.4, 0.5) is 0 Å². The molecule has 0 aromatic carbocycles. The maximum atomic E-state index is 12.5. The normalized spacial score (nSPS) is 22.7. The molecule has 0 bridgehead atoms. The molecule has 0 radical (unpaired) electrons. The Morgan fingerprint density at radius 3 is 2.56 bits per heavy atom. The van der Waals surface area contributed by atoms with Crippen molar-refractivity contribution in [3.8, 4) is 0 Å². The number of rotatable bonds is 5. The van der Waals surface area contributed by atoms with Gasteiger partial charge >= 0.3 is 5.69 Å².